The Labute approximate surface area is 767 Å². The second-order valence-electron chi connectivity index (χ2n) is 32.4. The van der Waals surface area contributed by atoms with Crippen LogP contribution in [0.4, 0.5) is 4.79 Å². The van der Waals surface area contributed by atoms with Crippen LogP contribution in [0.5, 0.6) is 5.75 Å². The summed E-state index contributed by atoms with van der Waals surface area (Å²) in [7, 11) is -10.1. The summed E-state index contributed by atoms with van der Waals surface area (Å²) in [5.74, 6) is -0.194. The summed E-state index contributed by atoms with van der Waals surface area (Å²) in [5, 5.41) is 22.7. The zero-order chi connectivity index (χ0) is 94.2. The number of halogens is 1. The van der Waals surface area contributed by atoms with E-state index in [1.54, 1.807) is 72.7 Å². The molecule has 5 unspecified atom stereocenters. The smallest absolute Gasteiger partial charge is 1.00 e. The van der Waals surface area contributed by atoms with Crippen molar-refractivity contribution >= 4 is 109 Å². The first-order valence-corrected chi connectivity index (χ1v) is 49.9. The number of aliphatic hydroxyl groups excluding tert-OH is 2. The van der Waals surface area contributed by atoms with Crippen LogP contribution in [0.15, 0.2) is 65.1 Å². The third-order valence-corrected chi connectivity index (χ3v) is 27.1. The van der Waals surface area contributed by atoms with Crippen molar-refractivity contribution in [3.63, 3.8) is 0 Å². The molecule has 0 aromatic heterocycles. The normalized spacial score (nSPS) is 13.8. The van der Waals surface area contributed by atoms with Crippen molar-refractivity contribution in [1.82, 2.24) is 10.0 Å². The van der Waals surface area contributed by atoms with Gasteiger partial charge in [-0.15, -0.1) is 21.5 Å². The Bertz CT molecular complexity index is 3280. The fourth-order valence-corrected chi connectivity index (χ4v) is 13.9. The number of rotatable bonds is 30. The fourth-order valence-electron chi connectivity index (χ4n) is 5.89. The Kier molecular flexibility index (Phi) is 86.5. The van der Waals surface area contributed by atoms with Crippen LogP contribution in [0, 0.1) is 12.3 Å². The fraction of sp³-hybridized carbons (Fsp3) is 0.781. The number of hydrogen-bond donors (Lipinski definition) is 10. The largest absolute Gasteiger partial charge is 1.00 e. The van der Waals surface area contributed by atoms with Crippen LogP contribution < -0.4 is 85.3 Å². The van der Waals surface area contributed by atoms with Gasteiger partial charge in [-0.3, -0.25) is 27.9 Å². The van der Waals surface area contributed by atoms with Gasteiger partial charge in [0, 0.05) is 94.4 Å². The molecule has 0 bridgehead atoms. The number of hydrogen-bond acceptors (Lipinski definition) is 28. The van der Waals surface area contributed by atoms with Gasteiger partial charge in [0.05, 0.1) is 88.3 Å². The molecule has 1 amide bonds. The summed E-state index contributed by atoms with van der Waals surface area (Å²) in [6.45, 7) is 53.1. The average Bonchev–Trinajstić information content (AvgIpc) is 0.980. The summed E-state index contributed by atoms with van der Waals surface area (Å²) in [4.78, 5) is 41.0. The van der Waals surface area contributed by atoms with Crippen LogP contribution in [0.2, 0.25) is 0 Å². The molecule has 119 heavy (non-hydrogen) atoms. The summed E-state index contributed by atoms with van der Waals surface area (Å²) in [6, 6.07) is 17.8. The van der Waals surface area contributed by atoms with Gasteiger partial charge < -0.3 is 92.0 Å². The maximum absolute atomic E-state index is 13.0. The van der Waals surface area contributed by atoms with Gasteiger partial charge in [-0.1, -0.05) is 75.7 Å². The number of unbranched alkanes of at least 4 members (excludes halogenated alkanes) is 1. The van der Waals surface area contributed by atoms with E-state index in [-0.39, 0.29) is 115 Å². The van der Waals surface area contributed by atoms with Gasteiger partial charge in [0.15, 0.2) is 6.10 Å². The van der Waals surface area contributed by atoms with E-state index in [9.17, 15) is 49.6 Å². The Morgan fingerprint density at radius 1 is 0.622 bits per heavy atom. The van der Waals surface area contributed by atoms with Crippen molar-refractivity contribution in [2.24, 2.45) is 32.2 Å². The molecule has 704 valence electrons. The molecule has 0 saturated heterocycles. The van der Waals surface area contributed by atoms with E-state index in [0.717, 1.165) is 30.2 Å². The first-order valence-electron chi connectivity index (χ1n) is 36.4. The second-order valence-corrected chi connectivity index (χ2v) is 49.6. The minimum absolute atomic E-state index is 0. The number of benzene rings is 2. The van der Waals surface area contributed by atoms with Gasteiger partial charge in [-0.25, -0.2) is 31.5 Å². The molecule has 2 aromatic rings. The van der Waals surface area contributed by atoms with Crippen molar-refractivity contribution in [3.8, 4) is 5.75 Å². The molecule has 0 aliphatic heterocycles. The predicted molar refractivity (Wildman–Crippen MR) is 485 cm³/mol. The zero-order valence-electron chi connectivity index (χ0n) is 80.1. The van der Waals surface area contributed by atoms with Crippen LogP contribution in [-0.4, -0.2) is 207 Å². The molecule has 5 atom stereocenters. The van der Waals surface area contributed by atoms with Crippen molar-refractivity contribution in [1.29, 1.82) is 0 Å². The Hall–Kier alpha value is -0.483. The second kappa shape index (κ2) is 71.4. The number of carbonyl (C=O) groups is 2. The Morgan fingerprint density at radius 2 is 0.966 bits per heavy atom. The molecule has 1 aliphatic rings. The number of alkyl carbamates (subject to hydrolysis) is 1. The monoisotopic (exact) mass is 1910 g/mol. The van der Waals surface area contributed by atoms with Crippen molar-refractivity contribution in [3.05, 3.63) is 73.2 Å². The van der Waals surface area contributed by atoms with Crippen LogP contribution in [-0.2, 0) is 122 Å². The number of ether oxygens (including phenoxy) is 2. The topological polar surface area (TPSA) is 520 Å². The van der Waals surface area contributed by atoms with E-state index in [1.807, 2.05) is 126 Å². The van der Waals surface area contributed by atoms with Crippen LogP contribution in [0.25, 0.3) is 0 Å². The van der Waals surface area contributed by atoms with Gasteiger partial charge in [0.2, 0.25) is 0 Å². The molecule has 2 aromatic carbocycles. The van der Waals surface area contributed by atoms with E-state index in [4.69, 9.17) is 79.0 Å². The van der Waals surface area contributed by atoms with E-state index in [0.29, 0.717) is 5.75 Å². The van der Waals surface area contributed by atoms with E-state index >= 15 is 0 Å². The number of carbonyl (C=O) groups excluding carboxylic acids is 2. The molecular weight excluding hydrogens is 1750 g/mol. The Balaban J connectivity index is -0.0000000986. The van der Waals surface area contributed by atoms with Gasteiger partial charge in [-0.2, -0.15) is 10.8 Å². The number of esters is 1. The summed E-state index contributed by atoms with van der Waals surface area (Å²) >= 11 is 0. The molecule has 14 N–H and O–H groups in total. The summed E-state index contributed by atoms with van der Waals surface area (Å²) in [6.07, 6.45) is 3.39. The van der Waals surface area contributed by atoms with Crippen molar-refractivity contribution in [2.75, 3.05) is 109 Å². The van der Waals surface area contributed by atoms with Gasteiger partial charge >= 0.3 is 107 Å². The van der Waals surface area contributed by atoms with Crippen molar-refractivity contribution in [2.45, 2.75) is 260 Å². The molecule has 0 spiro atoms. The molecule has 3 rings (SSSR count). The van der Waals surface area contributed by atoms with E-state index in [2.05, 4.69) is 60.2 Å². The van der Waals surface area contributed by atoms with Gasteiger partial charge in [-0.05, 0) is 195 Å². The minimum atomic E-state index is -4.19. The standard InChI is InChI=1S/C15H24NO5P.C12H18NO5P.C10H24NO4PS.C7H15NOS.C6H16NO3P.C5H10.C4H11NOS.C4H11NO.C4H9.C3H9O3P.C2H6O3P.CH4O.ClH.Li.Na.H/c1-5-19-14(17)12(2)20-22(18,11-15(3,4)16)21-13-9-7-6-8-10-13;1-12(2,9-19(15,16)17)13-11(14)18-8-10-6-4-3-5-7-10;1-9(2,3)17(13)11-10(4,5)8-16(12,14-6)15-7;1-6(2)8-10(9)7(3,4)5;1-6(2,7)5-11(8,9-3)10-4;1-5(2)3-4-5;1-4(2,3)7(5)6;1-4(2,5)3-6;1-3-4-2;1-5-7(3,4)6-2;1-4-6(3)5-2;1-2;;;;/h6-10,12H,5,11,16H2,1-4H3;3-7H,8-9H2,1-2H3,(H,13,14)(H2,15,16,17);11H,8H2,1-7H3;1-5H3;5,7H2,1-4H3;3-4H2,1-2H3;5H2,1-3H3;6H,3,5H2,1-2H3;1,3-4H2,2H3;1-3H3;1-2H3;2H,1H3;1H;;;/q;;;;;;;;-1;;+1;;;2*+1;-1. The van der Waals surface area contributed by atoms with Crippen LogP contribution in [0.1, 0.15) is 213 Å². The number of nitrogens with one attached hydrogen (secondary N) is 2. The number of para-hydroxylation sites is 1. The zero-order valence-corrected chi connectivity index (χ0v) is 89.7. The number of nitrogens with zero attached hydrogens (tertiary/aromatic N) is 1. The van der Waals surface area contributed by atoms with Crippen LogP contribution in [0.3, 0.4) is 0 Å². The quantitative estimate of drug-likeness (QED) is 0.0114. The minimum Gasteiger partial charge on any atom is -1.00 e. The first-order chi connectivity index (χ1) is 52.0. The maximum Gasteiger partial charge on any atom is 1.00 e. The molecule has 34 nitrogen and oxygen atoms in total. The van der Waals surface area contributed by atoms with E-state index in [1.165, 1.54) is 104 Å². The number of nitrogens with two attached hydrogens (primary N) is 4. The summed E-state index contributed by atoms with van der Waals surface area (Å²) in [5.41, 5.74) is 16.0. The van der Waals surface area contributed by atoms with E-state index < -0.39 is 131 Å². The SMILES string of the molecule is CC(C)(C)S(N)=O.CC(C)(CP(=O)(O)O)NC(=O)OCc1ccccc1.CC(C)(N)CO.CC(C)=NS(=O)C(C)(C)C.CC1(C)CC1.CCOC(=O)C(C)OP(=O)(CC(C)(C)N)Oc1ccccc1.CO.COP(=O)(CC(C)(C)N)OC.COP(=O)(CC(C)(C)NS(=O)C(C)(C)C)OC.COP(C)(=O)OC.CO[P+](=O)OC.Cl.[CH2-]CCC.[H-].[Li+].[Na+]. The first kappa shape index (κ1) is 144. The number of aliphatic hydroxyl groups is 2. The van der Waals surface area contributed by atoms with Gasteiger partial charge in [0.25, 0.3) is 0 Å². The molecule has 1 aliphatic carbocycles. The molecule has 1 saturated carbocycles. The molecule has 1 fully saturated rings. The van der Waals surface area contributed by atoms with Crippen LogP contribution >= 0.6 is 58.6 Å². The molecule has 0 heterocycles. The molecule has 0 radical (unpaired) electrons. The average molecular weight is 1910 g/mol. The predicted octanol–water partition coefficient (Wildman–Crippen LogP) is 10.0. The maximum atomic E-state index is 13.0. The van der Waals surface area contributed by atoms with Gasteiger partial charge in [0.1, 0.15) is 23.3 Å². The third kappa shape index (κ3) is 101. The third-order valence-electron chi connectivity index (χ3n) is 12.4. The molecular formula is C73H159ClLiN7NaO27P6S3+. The molecule has 46 heteroatoms. The Morgan fingerprint density at radius 3 is 1.19 bits per heavy atom. The van der Waals surface area contributed by atoms with Crippen molar-refractivity contribution < 1.29 is 174 Å². The summed E-state index contributed by atoms with van der Waals surface area (Å²) < 4.78 is 164. The number of amides is 1.